The number of ether oxygens (including phenoxy) is 2. The van der Waals surface area contributed by atoms with E-state index < -0.39 is 5.25 Å². The van der Waals surface area contributed by atoms with Gasteiger partial charge in [-0.2, -0.15) is 5.10 Å². The Kier molecular flexibility index (Phi) is 9.51. The molecule has 1 atom stereocenters. The molecule has 2 amide bonds. The van der Waals surface area contributed by atoms with Crippen molar-refractivity contribution in [3.8, 4) is 28.4 Å². The lowest BCUT2D eigenvalue weighted by molar-refractivity contribution is -0.123. The lowest BCUT2D eigenvalue weighted by Crippen LogP contribution is -2.42. The van der Waals surface area contributed by atoms with Crippen molar-refractivity contribution in [3.63, 3.8) is 0 Å². The first-order valence-corrected chi connectivity index (χ1v) is 16.5. The number of hydrogen-bond acceptors (Lipinski definition) is 7. The van der Waals surface area contributed by atoms with Gasteiger partial charge in [0, 0.05) is 16.8 Å². The maximum atomic E-state index is 14.2. The average molecular weight is 668 g/mol. The number of pyridine rings is 1. The first-order chi connectivity index (χ1) is 22.8. The van der Waals surface area contributed by atoms with Gasteiger partial charge in [-0.1, -0.05) is 59.6 Å². The van der Waals surface area contributed by atoms with Crippen LogP contribution in [0.5, 0.6) is 11.5 Å². The monoisotopic (exact) mass is 667 g/mol. The molecule has 0 saturated carbocycles. The third-order valence-corrected chi connectivity index (χ3v) is 9.60. The predicted molar refractivity (Wildman–Crippen MR) is 186 cm³/mol. The summed E-state index contributed by atoms with van der Waals surface area (Å²) in [5, 5.41) is 8.30. The number of aryl methyl sites for hydroxylation is 2. The molecule has 11 heteroatoms. The van der Waals surface area contributed by atoms with Crippen molar-refractivity contribution >= 4 is 41.0 Å². The summed E-state index contributed by atoms with van der Waals surface area (Å²) in [6, 6.07) is 24.7. The molecule has 0 aliphatic carbocycles. The summed E-state index contributed by atoms with van der Waals surface area (Å²) in [6.07, 6.45) is 1.67. The van der Waals surface area contributed by atoms with Crippen LogP contribution in [0.3, 0.4) is 0 Å². The average Bonchev–Trinajstić information content (AvgIpc) is 3.39. The first kappa shape index (κ1) is 32.2. The number of amides is 2. The Hall–Kier alpha value is -4.80. The highest BCUT2D eigenvalue weighted by molar-refractivity contribution is 8.00. The SMILES string of the molecule is COc1cccc(OC)c1-c1nn(-c2ccc(C)cc2C)c2c1C(c1ccccc1Cl)SCC(=O)N2CC(=O)NCc1ccccn1. The van der Waals surface area contributed by atoms with Gasteiger partial charge in [-0.05, 0) is 61.4 Å². The quantitative estimate of drug-likeness (QED) is 0.187. The second-order valence-corrected chi connectivity index (χ2v) is 12.6. The summed E-state index contributed by atoms with van der Waals surface area (Å²) in [7, 11) is 3.19. The van der Waals surface area contributed by atoms with Crippen molar-refractivity contribution in [3.05, 3.63) is 118 Å². The number of nitrogens with one attached hydrogen (secondary N) is 1. The minimum absolute atomic E-state index is 0.105. The third-order valence-electron chi connectivity index (χ3n) is 8.02. The Morgan fingerprint density at radius 1 is 1.00 bits per heavy atom. The van der Waals surface area contributed by atoms with Crippen molar-refractivity contribution in [2.75, 3.05) is 31.4 Å². The zero-order valence-corrected chi connectivity index (χ0v) is 28.1. The summed E-state index contributed by atoms with van der Waals surface area (Å²) >= 11 is 8.30. The van der Waals surface area contributed by atoms with E-state index in [1.165, 1.54) is 16.7 Å². The van der Waals surface area contributed by atoms with Crippen molar-refractivity contribution in [1.29, 1.82) is 0 Å². The fraction of sp³-hybridized carbons (Fsp3) is 0.222. The first-order valence-electron chi connectivity index (χ1n) is 15.1. The lowest BCUT2D eigenvalue weighted by atomic mass is 9.98. The van der Waals surface area contributed by atoms with Crippen LogP contribution in [0, 0.1) is 13.8 Å². The predicted octanol–water partition coefficient (Wildman–Crippen LogP) is 6.71. The molecule has 5 aromatic rings. The van der Waals surface area contributed by atoms with E-state index in [1.807, 2.05) is 86.6 Å². The standard InChI is InChI=1S/C36H34ClN5O4S/c1-22-15-16-27(23(2)18-22)42-36-33(34(40-42)32-28(45-3)13-9-14-29(32)46-4)35(25-11-5-6-12-26(25)37)47-21-31(44)41(36)20-30(43)39-19-24-10-7-8-17-38-24/h5-18,35H,19-21H2,1-4H3,(H,39,43). The third kappa shape index (κ3) is 6.43. The zero-order chi connectivity index (χ0) is 33.1. The molecule has 47 heavy (non-hydrogen) atoms. The Labute approximate surface area is 282 Å². The molecular weight excluding hydrogens is 634 g/mol. The van der Waals surface area contributed by atoms with Gasteiger partial charge in [0.2, 0.25) is 11.8 Å². The number of halogens is 1. The second kappa shape index (κ2) is 13.9. The molecule has 0 bridgehead atoms. The number of hydrogen-bond donors (Lipinski definition) is 1. The number of thioether (sulfide) groups is 1. The molecule has 3 aromatic carbocycles. The number of benzene rings is 3. The number of carbonyl (C=O) groups is 2. The van der Waals surface area contributed by atoms with E-state index in [-0.39, 0.29) is 30.7 Å². The number of anilines is 1. The van der Waals surface area contributed by atoms with Crippen LogP contribution in [0.1, 0.15) is 33.2 Å². The Balaban J connectivity index is 1.62. The van der Waals surface area contributed by atoms with Gasteiger partial charge in [-0.3, -0.25) is 19.5 Å². The minimum Gasteiger partial charge on any atom is -0.496 e. The maximum Gasteiger partial charge on any atom is 0.240 e. The molecule has 1 unspecified atom stereocenters. The van der Waals surface area contributed by atoms with Gasteiger partial charge < -0.3 is 14.8 Å². The molecule has 1 aliphatic heterocycles. The van der Waals surface area contributed by atoms with Gasteiger partial charge in [-0.15, -0.1) is 11.8 Å². The lowest BCUT2D eigenvalue weighted by Gasteiger charge is -2.24. The van der Waals surface area contributed by atoms with Crippen molar-refractivity contribution < 1.29 is 19.1 Å². The van der Waals surface area contributed by atoms with Gasteiger partial charge >= 0.3 is 0 Å². The highest BCUT2D eigenvalue weighted by Gasteiger charge is 2.39. The van der Waals surface area contributed by atoms with Crippen LogP contribution in [-0.2, 0) is 16.1 Å². The summed E-state index contributed by atoms with van der Waals surface area (Å²) < 4.78 is 13.5. The van der Waals surface area contributed by atoms with Crippen LogP contribution in [0.4, 0.5) is 5.82 Å². The van der Waals surface area contributed by atoms with Crippen LogP contribution >= 0.6 is 23.4 Å². The summed E-state index contributed by atoms with van der Waals surface area (Å²) in [6.45, 7) is 4.03. The largest absolute Gasteiger partial charge is 0.496 e. The van der Waals surface area contributed by atoms with Crippen LogP contribution in [0.25, 0.3) is 16.9 Å². The smallest absolute Gasteiger partial charge is 0.240 e. The van der Waals surface area contributed by atoms with Gasteiger partial charge in [0.25, 0.3) is 0 Å². The fourth-order valence-corrected chi connectivity index (χ4v) is 7.37. The van der Waals surface area contributed by atoms with E-state index in [0.717, 1.165) is 22.4 Å². The van der Waals surface area contributed by atoms with Gasteiger partial charge in [0.15, 0.2) is 0 Å². The second-order valence-electron chi connectivity index (χ2n) is 11.1. The van der Waals surface area contributed by atoms with Crippen LogP contribution in [-0.4, -0.2) is 53.1 Å². The van der Waals surface area contributed by atoms with E-state index >= 15 is 0 Å². The summed E-state index contributed by atoms with van der Waals surface area (Å²) in [5.41, 5.74) is 6.24. The zero-order valence-electron chi connectivity index (χ0n) is 26.5. The van der Waals surface area contributed by atoms with Crippen molar-refractivity contribution in [2.45, 2.75) is 25.6 Å². The van der Waals surface area contributed by atoms with Crippen molar-refractivity contribution in [1.82, 2.24) is 20.1 Å². The fourth-order valence-electron chi connectivity index (χ4n) is 5.82. The number of rotatable bonds is 9. The molecule has 9 nitrogen and oxygen atoms in total. The van der Waals surface area contributed by atoms with E-state index in [4.69, 9.17) is 26.2 Å². The number of fused-ring (bicyclic) bond motifs is 1. The molecule has 2 aromatic heterocycles. The molecule has 0 radical (unpaired) electrons. The topological polar surface area (TPSA) is 98.6 Å². The van der Waals surface area contributed by atoms with Crippen LogP contribution in [0.15, 0.2) is 85.1 Å². The van der Waals surface area contributed by atoms with E-state index in [9.17, 15) is 9.59 Å². The highest BCUT2D eigenvalue weighted by atomic mass is 35.5. The Bertz CT molecular complexity index is 1930. The van der Waals surface area contributed by atoms with E-state index in [0.29, 0.717) is 44.9 Å². The van der Waals surface area contributed by atoms with Gasteiger partial charge in [0.05, 0.1) is 48.7 Å². The normalized spacial score (nSPS) is 14.4. The molecule has 0 fully saturated rings. The molecule has 6 rings (SSSR count). The Morgan fingerprint density at radius 3 is 2.43 bits per heavy atom. The molecule has 240 valence electrons. The van der Waals surface area contributed by atoms with Crippen LogP contribution < -0.4 is 19.7 Å². The number of carbonyl (C=O) groups excluding carboxylic acids is 2. The molecule has 0 spiro atoms. The number of nitrogens with zero attached hydrogens (tertiary/aromatic N) is 4. The number of methoxy groups -OCH3 is 2. The molecule has 3 heterocycles. The van der Waals surface area contributed by atoms with Crippen molar-refractivity contribution in [2.24, 2.45) is 0 Å². The minimum atomic E-state index is -0.423. The number of aromatic nitrogens is 3. The maximum absolute atomic E-state index is 14.2. The highest BCUT2D eigenvalue weighted by Crippen LogP contribution is 2.52. The summed E-state index contributed by atoms with van der Waals surface area (Å²) in [4.78, 5) is 33.6. The van der Waals surface area contributed by atoms with E-state index in [1.54, 1.807) is 25.1 Å². The molecule has 1 aliphatic rings. The molecule has 1 N–H and O–H groups in total. The van der Waals surface area contributed by atoms with Gasteiger partial charge in [-0.25, -0.2) is 4.68 Å². The Morgan fingerprint density at radius 2 is 1.74 bits per heavy atom. The van der Waals surface area contributed by atoms with Crippen LogP contribution in [0.2, 0.25) is 5.02 Å². The molecule has 0 saturated heterocycles. The van der Waals surface area contributed by atoms with E-state index in [2.05, 4.69) is 16.4 Å². The molecular formula is C36H34ClN5O4S. The van der Waals surface area contributed by atoms with Gasteiger partial charge in [0.1, 0.15) is 29.6 Å². The summed E-state index contributed by atoms with van der Waals surface area (Å²) in [5.74, 6) is 1.12.